The SMILES string of the molecule is CCOc1ncccc1NC(=O)N[C@H](C)Cc1c(C)noc1C. The van der Waals surface area contributed by atoms with Crippen LogP contribution in [0.15, 0.2) is 22.9 Å². The Kier molecular flexibility index (Phi) is 5.56. The van der Waals surface area contributed by atoms with Crippen LogP contribution in [0.4, 0.5) is 10.5 Å². The minimum Gasteiger partial charge on any atom is -0.476 e. The minimum atomic E-state index is -0.307. The maximum atomic E-state index is 12.1. The number of hydrogen-bond donors (Lipinski definition) is 2. The summed E-state index contributed by atoms with van der Waals surface area (Å²) in [5.41, 5.74) is 2.41. The molecule has 0 bridgehead atoms. The molecule has 0 unspecified atom stereocenters. The van der Waals surface area contributed by atoms with Gasteiger partial charge in [0.25, 0.3) is 0 Å². The summed E-state index contributed by atoms with van der Waals surface area (Å²) in [7, 11) is 0. The van der Waals surface area contributed by atoms with Crippen LogP contribution in [0.3, 0.4) is 0 Å². The molecule has 2 aromatic heterocycles. The van der Waals surface area contributed by atoms with Gasteiger partial charge in [0.15, 0.2) is 0 Å². The Morgan fingerprint density at radius 2 is 2.22 bits per heavy atom. The van der Waals surface area contributed by atoms with Gasteiger partial charge in [0, 0.05) is 17.8 Å². The molecule has 124 valence electrons. The van der Waals surface area contributed by atoms with E-state index in [4.69, 9.17) is 9.26 Å². The molecule has 0 fully saturated rings. The van der Waals surface area contributed by atoms with Crippen molar-refractivity contribution in [2.45, 2.75) is 40.2 Å². The smallest absolute Gasteiger partial charge is 0.319 e. The average Bonchev–Trinajstić information content (AvgIpc) is 2.81. The fourth-order valence-corrected chi connectivity index (χ4v) is 2.27. The van der Waals surface area contributed by atoms with Gasteiger partial charge in [-0.15, -0.1) is 0 Å². The highest BCUT2D eigenvalue weighted by atomic mass is 16.5. The molecular weight excluding hydrogens is 296 g/mol. The number of aryl methyl sites for hydroxylation is 2. The number of carbonyl (C=O) groups is 1. The van der Waals surface area contributed by atoms with Gasteiger partial charge < -0.3 is 19.9 Å². The van der Waals surface area contributed by atoms with Crippen molar-refractivity contribution in [3.63, 3.8) is 0 Å². The van der Waals surface area contributed by atoms with E-state index in [2.05, 4.69) is 20.8 Å². The van der Waals surface area contributed by atoms with Gasteiger partial charge in [-0.3, -0.25) is 0 Å². The second-order valence-corrected chi connectivity index (χ2v) is 5.30. The first-order chi connectivity index (χ1) is 11.0. The largest absolute Gasteiger partial charge is 0.476 e. The lowest BCUT2D eigenvalue weighted by molar-refractivity contribution is 0.249. The van der Waals surface area contributed by atoms with Crippen molar-refractivity contribution in [3.05, 3.63) is 35.3 Å². The first kappa shape index (κ1) is 16.8. The number of urea groups is 1. The Hall–Kier alpha value is -2.57. The van der Waals surface area contributed by atoms with Crippen LogP contribution in [0.25, 0.3) is 0 Å². The topological polar surface area (TPSA) is 89.3 Å². The molecule has 0 saturated heterocycles. The van der Waals surface area contributed by atoms with Gasteiger partial charge in [-0.1, -0.05) is 5.16 Å². The first-order valence-corrected chi connectivity index (χ1v) is 7.58. The van der Waals surface area contributed by atoms with Crippen LogP contribution in [0.2, 0.25) is 0 Å². The zero-order valence-corrected chi connectivity index (χ0v) is 13.8. The Bertz CT molecular complexity index is 650. The Balaban J connectivity index is 1.94. The maximum Gasteiger partial charge on any atom is 0.319 e. The molecule has 7 heteroatoms. The molecule has 2 N–H and O–H groups in total. The Morgan fingerprint density at radius 3 is 2.87 bits per heavy atom. The van der Waals surface area contributed by atoms with Gasteiger partial charge in [-0.05, 0) is 46.2 Å². The van der Waals surface area contributed by atoms with Gasteiger partial charge in [-0.25, -0.2) is 9.78 Å². The monoisotopic (exact) mass is 318 g/mol. The molecule has 0 spiro atoms. The number of nitrogens with one attached hydrogen (secondary N) is 2. The van der Waals surface area contributed by atoms with E-state index in [-0.39, 0.29) is 12.1 Å². The van der Waals surface area contributed by atoms with Gasteiger partial charge in [0.05, 0.1) is 12.3 Å². The number of pyridine rings is 1. The number of anilines is 1. The predicted octanol–water partition coefficient (Wildman–Crippen LogP) is 2.84. The Labute approximate surface area is 135 Å². The highest BCUT2D eigenvalue weighted by Gasteiger charge is 2.15. The van der Waals surface area contributed by atoms with E-state index < -0.39 is 0 Å². The van der Waals surface area contributed by atoms with E-state index in [9.17, 15) is 4.79 Å². The molecule has 0 saturated carbocycles. The Morgan fingerprint density at radius 1 is 1.43 bits per heavy atom. The van der Waals surface area contributed by atoms with Crippen molar-refractivity contribution >= 4 is 11.7 Å². The predicted molar refractivity (Wildman–Crippen MR) is 86.7 cm³/mol. The number of aromatic nitrogens is 2. The van der Waals surface area contributed by atoms with Gasteiger partial charge in [0.1, 0.15) is 11.4 Å². The number of carbonyl (C=O) groups excluding carboxylic acids is 1. The van der Waals surface area contributed by atoms with E-state index in [1.54, 1.807) is 18.3 Å². The van der Waals surface area contributed by atoms with Crippen LogP contribution in [-0.2, 0) is 6.42 Å². The normalized spacial score (nSPS) is 11.8. The zero-order chi connectivity index (χ0) is 16.8. The van der Waals surface area contributed by atoms with Crippen LogP contribution in [0.5, 0.6) is 5.88 Å². The minimum absolute atomic E-state index is 0.0704. The van der Waals surface area contributed by atoms with E-state index in [1.807, 2.05) is 27.7 Å². The molecule has 7 nitrogen and oxygen atoms in total. The van der Waals surface area contributed by atoms with Crippen molar-refractivity contribution in [2.75, 3.05) is 11.9 Å². The summed E-state index contributed by atoms with van der Waals surface area (Å²) in [4.78, 5) is 16.2. The molecular formula is C16H22N4O3. The molecule has 2 rings (SSSR count). The summed E-state index contributed by atoms with van der Waals surface area (Å²) >= 11 is 0. The molecule has 0 radical (unpaired) electrons. The van der Waals surface area contributed by atoms with Gasteiger partial charge in [-0.2, -0.15) is 0 Å². The van der Waals surface area contributed by atoms with E-state index >= 15 is 0 Å². The highest BCUT2D eigenvalue weighted by Crippen LogP contribution is 2.20. The number of ether oxygens (including phenoxy) is 1. The second kappa shape index (κ2) is 7.62. The zero-order valence-electron chi connectivity index (χ0n) is 13.8. The molecule has 0 aliphatic carbocycles. The molecule has 2 aromatic rings. The number of hydrogen-bond acceptors (Lipinski definition) is 5. The average molecular weight is 318 g/mol. The quantitative estimate of drug-likeness (QED) is 0.855. The van der Waals surface area contributed by atoms with Crippen molar-refractivity contribution in [2.24, 2.45) is 0 Å². The molecule has 1 atom stereocenters. The molecule has 0 aliphatic heterocycles. The number of nitrogens with zero attached hydrogens (tertiary/aromatic N) is 2. The van der Waals surface area contributed by atoms with Gasteiger partial charge in [0.2, 0.25) is 5.88 Å². The number of amides is 2. The second-order valence-electron chi connectivity index (χ2n) is 5.30. The molecule has 0 aromatic carbocycles. The third kappa shape index (κ3) is 4.45. The van der Waals surface area contributed by atoms with E-state index in [1.165, 1.54) is 0 Å². The van der Waals surface area contributed by atoms with Crippen LogP contribution in [0.1, 0.15) is 30.9 Å². The van der Waals surface area contributed by atoms with E-state index in [0.717, 1.165) is 17.0 Å². The molecule has 2 heterocycles. The summed E-state index contributed by atoms with van der Waals surface area (Å²) in [6, 6.07) is 3.11. The summed E-state index contributed by atoms with van der Waals surface area (Å²) in [6.45, 7) is 8.03. The summed E-state index contributed by atoms with van der Waals surface area (Å²) < 4.78 is 10.5. The van der Waals surface area contributed by atoms with Crippen LogP contribution >= 0.6 is 0 Å². The van der Waals surface area contributed by atoms with Crippen molar-refractivity contribution in [1.29, 1.82) is 0 Å². The van der Waals surface area contributed by atoms with Gasteiger partial charge >= 0.3 is 6.03 Å². The van der Waals surface area contributed by atoms with Crippen LogP contribution < -0.4 is 15.4 Å². The lowest BCUT2D eigenvalue weighted by Crippen LogP contribution is -2.37. The van der Waals surface area contributed by atoms with Crippen molar-refractivity contribution in [3.8, 4) is 5.88 Å². The van der Waals surface area contributed by atoms with Crippen molar-refractivity contribution < 1.29 is 14.1 Å². The molecule has 0 aliphatic rings. The highest BCUT2D eigenvalue weighted by molar-refractivity contribution is 5.90. The van der Waals surface area contributed by atoms with Crippen LogP contribution in [-0.4, -0.2) is 28.8 Å². The summed E-state index contributed by atoms with van der Waals surface area (Å²) in [6.07, 6.45) is 2.27. The van der Waals surface area contributed by atoms with Crippen LogP contribution in [0, 0.1) is 13.8 Å². The fourth-order valence-electron chi connectivity index (χ4n) is 2.27. The maximum absolute atomic E-state index is 12.1. The standard InChI is InChI=1S/C16H22N4O3/c1-5-22-15-14(7-6-8-17-15)19-16(21)18-10(2)9-13-11(3)20-23-12(13)4/h6-8,10H,5,9H2,1-4H3,(H2,18,19,21)/t10-/m1/s1. The fraction of sp³-hybridized carbons (Fsp3) is 0.438. The third-order valence-corrected chi connectivity index (χ3v) is 3.37. The molecule has 23 heavy (non-hydrogen) atoms. The summed E-state index contributed by atoms with van der Waals surface area (Å²) in [5, 5.41) is 9.57. The van der Waals surface area contributed by atoms with E-state index in [0.29, 0.717) is 24.6 Å². The summed E-state index contributed by atoms with van der Waals surface area (Å²) in [5.74, 6) is 1.19. The third-order valence-electron chi connectivity index (χ3n) is 3.37. The lowest BCUT2D eigenvalue weighted by atomic mass is 10.1. The van der Waals surface area contributed by atoms with Crippen molar-refractivity contribution in [1.82, 2.24) is 15.5 Å². The molecule has 2 amide bonds. The first-order valence-electron chi connectivity index (χ1n) is 7.58. The number of rotatable bonds is 6. The lowest BCUT2D eigenvalue weighted by Gasteiger charge is -2.15.